The molecule has 0 radical (unpaired) electrons. The average molecular weight is 720 g/mol. The number of rotatable bonds is 20. The quantitative estimate of drug-likeness (QED) is 0.0444. The molecule has 0 fully saturated rings. The van der Waals surface area contributed by atoms with Crippen molar-refractivity contribution in [2.24, 2.45) is 16.5 Å². The number of carbonyl (C=O) groups excluding carboxylic acids is 5. The van der Waals surface area contributed by atoms with Crippen molar-refractivity contribution in [2.75, 3.05) is 6.54 Å². The zero-order valence-electron chi connectivity index (χ0n) is 30.9. The molecule has 16 heteroatoms. The summed E-state index contributed by atoms with van der Waals surface area (Å²) in [5, 5.41) is 19.8. The van der Waals surface area contributed by atoms with Gasteiger partial charge in [-0.05, 0) is 72.8 Å². The van der Waals surface area contributed by atoms with Gasteiger partial charge in [-0.3, -0.25) is 24.2 Å². The molecule has 0 aliphatic carbocycles. The van der Waals surface area contributed by atoms with Crippen LogP contribution in [0, 0.1) is 0 Å². The summed E-state index contributed by atoms with van der Waals surface area (Å²) in [5.74, 6) is -4.36. The summed E-state index contributed by atoms with van der Waals surface area (Å²) < 4.78 is 10.8. The molecule has 0 bridgehead atoms. The van der Waals surface area contributed by atoms with Crippen LogP contribution in [-0.4, -0.2) is 88.7 Å². The van der Waals surface area contributed by atoms with E-state index in [1.807, 2.05) is 6.92 Å². The van der Waals surface area contributed by atoms with Crippen molar-refractivity contribution in [3.05, 3.63) is 35.9 Å². The molecule has 4 amide bonds. The van der Waals surface area contributed by atoms with E-state index in [4.69, 9.17) is 20.9 Å². The Morgan fingerprint density at radius 3 is 1.75 bits per heavy atom. The van der Waals surface area contributed by atoms with Crippen LogP contribution in [0.4, 0.5) is 4.79 Å². The number of hydrogen-bond acceptors (Lipinski definition) is 9. The second-order valence-electron chi connectivity index (χ2n) is 14.1. The molecule has 1 aromatic carbocycles. The Balaban J connectivity index is 3.36. The maximum atomic E-state index is 13.7. The minimum Gasteiger partial charge on any atom is -0.481 e. The van der Waals surface area contributed by atoms with Gasteiger partial charge in [0.15, 0.2) is 5.96 Å². The predicted octanol–water partition coefficient (Wildman–Crippen LogP) is 2.03. The number of alkyl carbamates (subject to hydrolysis) is 1. The van der Waals surface area contributed by atoms with Gasteiger partial charge in [0, 0.05) is 19.4 Å². The van der Waals surface area contributed by atoms with E-state index in [2.05, 4.69) is 26.3 Å². The number of nitrogens with zero attached hydrogens (tertiary/aromatic N) is 1. The number of carboxylic acids is 1. The van der Waals surface area contributed by atoms with E-state index in [-0.39, 0.29) is 44.6 Å². The number of carboxylic acid groups (broad SMARTS) is 1. The lowest BCUT2D eigenvalue weighted by atomic mass is 10.0. The molecule has 0 spiro atoms. The minimum atomic E-state index is -1.43. The van der Waals surface area contributed by atoms with Crippen molar-refractivity contribution in [2.45, 2.75) is 135 Å². The molecule has 0 aliphatic rings. The zero-order chi connectivity index (χ0) is 38.8. The third-order valence-electron chi connectivity index (χ3n) is 7.00. The van der Waals surface area contributed by atoms with E-state index >= 15 is 0 Å². The number of amides is 4. The van der Waals surface area contributed by atoms with Gasteiger partial charge < -0.3 is 47.3 Å². The van der Waals surface area contributed by atoms with Crippen LogP contribution in [0.25, 0.3) is 0 Å². The highest BCUT2D eigenvalue weighted by atomic mass is 16.6. The van der Waals surface area contributed by atoms with Crippen LogP contribution in [0.3, 0.4) is 0 Å². The summed E-state index contributed by atoms with van der Waals surface area (Å²) in [6.45, 7) is 12.2. The number of aliphatic carboxylic acids is 1. The number of nitrogens with two attached hydrogens (primary N) is 2. The normalized spacial score (nSPS) is 13.7. The van der Waals surface area contributed by atoms with Crippen LogP contribution >= 0.6 is 0 Å². The molecule has 4 atom stereocenters. The summed E-state index contributed by atoms with van der Waals surface area (Å²) in [7, 11) is 0. The highest BCUT2D eigenvalue weighted by Crippen LogP contribution is 2.13. The summed E-state index contributed by atoms with van der Waals surface area (Å²) in [5.41, 5.74) is 9.87. The summed E-state index contributed by atoms with van der Waals surface area (Å²) in [6.07, 6.45) is 0.230. The topological polar surface area (TPSA) is 254 Å². The molecule has 0 aliphatic heterocycles. The van der Waals surface area contributed by atoms with Crippen LogP contribution in [0.2, 0.25) is 0 Å². The second kappa shape index (κ2) is 21.4. The van der Waals surface area contributed by atoms with Crippen molar-refractivity contribution < 1.29 is 43.3 Å². The summed E-state index contributed by atoms with van der Waals surface area (Å²) >= 11 is 0. The van der Waals surface area contributed by atoms with E-state index in [1.165, 1.54) is 0 Å². The Morgan fingerprint density at radius 1 is 0.725 bits per heavy atom. The number of carbonyl (C=O) groups is 6. The molecule has 51 heavy (non-hydrogen) atoms. The largest absolute Gasteiger partial charge is 0.481 e. The van der Waals surface area contributed by atoms with Crippen LogP contribution in [-0.2, 0) is 39.9 Å². The van der Waals surface area contributed by atoms with Gasteiger partial charge in [0.25, 0.3) is 0 Å². The number of aliphatic imine (C=N–C) groups is 1. The monoisotopic (exact) mass is 719 g/mol. The van der Waals surface area contributed by atoms with Crippen molar-refractivity contribution in [3.8, 4) is 0 Å². The van der Waals surface area contributed by atoms with Crippen molar-refractivity contribution in [1.82, 2.24) is 21.3 Å². The van der Waals surface area contributed by atoms with Gasteiger partial charge >= 0.3 is 18.0 Å². The molecule has 16 nitrogen and oxygen atoms in total. The fraction of sp³-hybridized carbons (Fsp3) is 0.629. The summed E-state index contributed by atoms with van der Waals surface area (Å²) in [6, 6.07) is 3.93. The lowest BCUT2D eigenvalue weighted by Crippen LogP contribution is -2.58. The molecular weight excluding hydrogens is 662 g/mol. The van der Waals surface area contributed by atoms with Crippen LogP contribution in [0.15, 0.2) is 35.3 Å². The van der Waals surface area contributed by atoms with Crippen LogP contribution < -0.4 is 32.7 Å². The first kappa shape index (κ1) is 44.1. The standard InChI is InChI=1S/C35H57N7O9/c1-8-9-16-25(31(48)50-34(2,3)4)41-28(45)23(17-13-20-38-32(36)37)39-29(46)24(18-19-27(43)44)40-30(47)26(21-22-14-11-10-12-15-22)42-33(49)51-35(5,6)7/h10-12,14-15,23-26H,8-9,13,16-21H2,1-7H3,(H,39,46)(H,40,47)(H,41,45)(H,42,49)(H,43,44)(H4,36,37,38)/t23-,24-,25-,26-/m0/s1. The fourth-order valence-electron chi connectivity index (χ4n) is 4.66. The van der Waals surface area contributed by atoms with E-state index in [9.17, 15) is 33.9 Å². The van der Waals surface area contributed by atoms with Crippen molar-refractivity contribution in [3.63, 3.8) is 0 Å². The van der Waals surface area contributed by atoms with E-state index in [0.29, 0.717) is 12.0 Å². The fourth-order valence-corrected chi connectivity index (χ4v) is 4.66. The van der Waals surface area contributed by atoms with Gasteiger partial charge in [-0.25, -0.2) is 9.59 Å². The Morgan fingerprint density at radius 2 is 1.24 bits per heavy atom. The molecule has 9 N–H and O–H groups in total. The number of ether oxygens (including phenoxy) is 2. The predicted molar refractivity (Wildman–Crippen MR) is 191 cm³/mol. The highest BCUT2D eigenvalue weighted by molar-refractivity contribution is 5.95. The first-order valence-electron chi connectivity index (χ1n) is 17.1. The maximum absolute atomic E-state index is 13.7. The van der Waals surface area contributed by atoms with E-state index in [1.54, 1.807) is 71.9 Å². The van der Waals surface area contributed by atoms with Crippen molar-refractivity contribution in [1.29, 1.82) is 0 Å². The molecule has 0 saturated carbocycles. The molecule has 1 rings (SSSR count). The van der Waals surface area contributed by atoms with Crippen LogP contribution in [0.5, 0.6) is 0 Å². The van der Waals surface area contributed by atoms with Gasteiger partial charge in [-0.2, -0.15) is 0 Å². The van der Waals surface area contributed by atoms with Gasteiger partial charge in [-0.1, -0.05) is 50.1 Å². The molecule has 0 heterocycles. The second-order valence-corrected chi connectivity index (χ2v) is 14.1. The number of nitrogens with one attached hydrogen (secondary N) is 4. The number of benzene rings is 1. The highest BCUT2D eigenvalue weighted by Gasteiger charge is 2.33. The number of esters is 1. The Bertz CT molecular complexity index is 1340. The maximum Gasteiger partial charge on any atom is 0.408 e. The van der Waals surface area contributed by atoms with Gasteiger partial charge in [0.1, 0.15) is 35.4 Å². The third-order valence-corrected chi connectivity index (χ3v) is 7.00. The first-order valence-corrected chi connectivity index (χ1v) is 17.1. The van der Waals surface area contributed by atoms with Gasteiger partial charge in [0.05, 0.1) is 0 Å². The molecular formula is C35H57N7O9. The molecule has 286 valence electrons. The number of guanidine groups is 1. The Hall–Kier alpha value is -4.89. The lowest BCUT2D eigenvalue weighted by molar-refractivity contribution is -0.159. The zero-order valence-corrected chi connectivity index (χ0v) is 30.9. The number of hydrogen-bond donors (Lipinski definition) is 7. The molecule has 1 aromatic rings. The Labute approximate surface area is 300 Å². The van der Waals surface area contributed by atoms with E-state index < -0.39 is 77.5 Å². The average Bonchev–Trinajstić information content (AvgIpc) is 3.00. The smallest absolute Gasteiger partial charge is 0.408 e. The minimum absolute atomic E-state index is 0.0266. The van der Waals surface area contributed by atoms with Crippen LogP contribution in [0.1, 0.15) is 99.0 Å². The van der Waals surface area contributed by atoms with E-state index in [0.717, 1.165) is 6.42 Å². The first-order chi connectivity index (χ1) is 23.7. The molecule has 0 unspecified atom stereocenters. The summed E-state index contributed by atoms with van der Waals surface area (Å²) in [4.78, 5) is 82.2. The van der Waals surface area contributed by atoms with Gasteiger partial charge in [0.2, 0.25) is 17.7 Å². The SMILES string of the molecule is CCCC[C@H](NC(=O)[C@H](CCCN=C(N)N)NC(=O)[C@H](CCC(=O)O)NC(=O)[C@H](Cc1ccccc1)NC(=O)OC(C)(C)C)C(=O)OC(C)(C)C. The molecule has 0 aromatic heterocycles. The third kappa shape index (κ3) is 19.8. The lowest BCUT2D eigenvalue weighted by Gasteiger charge is -2.28. The molecule has 0 saturated heterocycles. The van der Waals surface area contributed by atoms with Crippen molar-refractivity contribution >= 4 is 41.7 Å². The Kier molecular flexibility index (Phi) is 18.5. The number of unbranched alkanes of at least 4 members (excludes halogenated alkanes) is 1. The van der Waals surface area contributed by atoms with Gasteiger partial charge in [-0.15, -0.1) is 0 Å².